The fourth-order valence-corrected chi connectivity index (χ4v) is 4.32. The molecule has 36 heavy (non-hydrogen) atoms. The minimum absolute atomic E-state index is 0.0111. The fraction of sp³-hybridized carbons (Fsp3) is 0.750. The molecule has 0 heterocycles. The lowest BCUT2D eigenvalue weighted by Crippen LogP contribution is -2.53. The zero-order valence-electron chi connectivity index (χ0n) is 21.6. The van der Waals surface area contributed by atoms with E-state index < -0.39 is 89.3 Å². The molecule has 0 aromatic rings. The minimum atomic E-state index is -1.22. The van der Waals surface area contributed by atoms with E-state index in [1.54, 1.807) is 41.5 Å². The Labute approximate surface area is 210 Å². The number of aliphatic carboxylic acids is 3. The second kappa shape index (κ2) is 13.2. The van der Waals surface area contributed by atoms with Crippen LogP contribution in [0.5, 0.6) is 0 Å². The van der Waals surface area contributed by atoms with E-state index in [1.807, 2.05) is 0 Å². The predicted octanol–water partition coefficient (Wildman–Crippen LogP) is 0.695. The van der Waals surface area contributed by atoms with Gasteiger partial charge in [-0.3, -0.25) is 14.4 Å². The van der Waals surface area contributed by atoms with Crippen LogP contribution in [0.25, 0.3) is 0 Å². The van der Waals surface area contributed by atoms with Gasteiger partial charge >= 0.3 is 17.9 Å². The average molecular weight is 514 g/mol. The molecule has 0 radical (unpaired) electrons. The van der Waals surface area contributed by atoms with Gasteiger partial charge in [0, 0.05) is 17.8 Å². The van der Waals surface area contributed by atoms with E-state index in [0.29, 0.717) is 0 Å². The third-order valence-corrected chi connectivity index (χ3v) is 6.51. The van der Waals surface area contributed by atoms with Crippen LogP contribution in [0.15, 0.2) is 0 Å². The summed E-state index contributed by atoms with van der Waals surface area (Å²) in [6, 6.07) is -3.52. The Balaban J connectivity index is 3.21. The van der Waals surface area contributed by atoms with Gasteiger partial charge in [-0.15, -0.1) is 0 Å². The lowest BCUT2D eigenvalue weighted by Gasteiger charge is -2.35. The Hall–Kier alpha value is -3.18. The number of carboxylic acid groups (broad SMARTS) is 3. The summed E-state index contributed by atoms with van der Waals surface area (Å²) in [5, 5.41) is 35.7. The van der Waals surface area contributed by atoms with E-state index in [4.69, 9.17) is 0 Å². The van der Waals surface area contributed by atoms with Crippen LogP contribution in [0, 0.1) is 35.5 Å². The molecule has 12 nitrogen and oxygen atoms in total. The molecule has 1 rings (SSSR count). The van der Waals surface area contributed by atoms with E-state index >= 15 is 0 Å². The summed E-state index contributed by atoms with van der Waals surface area (Å²) in [6.45, 7) is 9.76. The Morgan fingerprint density at radius 3 is 0.833 bits per heavy atom. The van der Waals surface area contributed by atoms with Crippen molar-refractivity contribution in [3.05, 3.63) is 0 Å². The highest BCUT2D eigenvalue weighted by molar-refractivity contribution is 5.90. The summed E-state index contributed by atoms with van der Waals surface area (Å²) in [6.07, 6.45) is -0.0332. The molecule has 0 aliphatic heterocycles. The number of hydrogen-bond acceptors (Lipinski definition) is 6. The first kappa shape index (κ1) is 30.9. The van der Waals surface area contributed by atoms with Gasteiger partial charge in [0.15, 0.2) is 0 Å². The van der Waals surface area contributed by atoms with Crippen molar-refractivity contribution in [1.82, 2.24) is 16.0 Å². The van der Waals surface area contributed by atoms with Crippen molar-refractivity contribution < 1.29 is 44.1 Å². The normalized spacial score (nSPS) is 22.4. The molecule has 1 aliphatic carbocycles. The monoisotopic (exact) mass is 513 g/mol. The van der Waals surface area contributed by atoms with Crippen LogP contribution in [0.2, 0.25) is 0 Å². The third-order valence-electron chi connectivity index (χ3n) is 6.51. The molecule has 3 atom stereocenters. The van der Waals surface area contributed by atoms with E-state index in [-0.39, 0.29) is 19.3 Å². The summed E-state index contributed by atoms with van der Waals surface area (Å²) in [4.78, 5) is 73.7. The first-order valence-electron chi connectivity index (χ1n) is 12.2. The van der Waals surface area contributed by atoms with Crippen molar-refractivity contribution in [3.63, 3.8) is 0 Å². The lowest BCUT2D eigenvalue weighted by atomic mass is 9.73. The number of hydrogen-bond donors (Lipinski definition) is 6. The van der Waals surface area contributed by atoms with Crippen LogP contribution < -0.4 is 16.0 Å². The molecule has 204 valence electrons. The van der Waals surface area contributed by atoms with Gasteiger partial charge in [-0.25, -0.2) is 14.4 Å². The second-order valence-corrected chi connectivity index (χ2v) is 10.5. The van der Waals surface area contributed by atoms with Crippen LogP contribution in [0.3, 0.4) is 0 Å². The molecule has 0 saturated heterocycles. The van der Waals surface area contributed by atoms with Gasteiger partial charge in [0.1, 0.15) is 18.1 Å². The molecular weight excluding hydrogens is 474 g/mol. The average Bonchev–Trinajstić information content (AvgIpc) is 2.76. The predicted molar refractivity (Wildman–Crippen MR) is 128 cm³/mol. The van der Waals surface area contributed by atoms with Crippen molar-refractivity contribution >= 4 is 35.6 Å². The van der Waals surface area contributed by atoms with Crippen LogP contribution >= 0.6 is 0 Å². The fourth-order valence-electron chi connectivity index (χ4n) is 4.32. The van der Waals surface area contributed by atoms with Crippen molar-refractivity contribution in [2.24, 2.45) is 35.5 Å². The van der Waals surface area contributed by atoms with Gasteiger partial charge in [0.25, 0.3) is 0 Å². The Morgan fingerprint density at radius 1 is 0.500 bits per heavy atom. The largest absolute Gasteiger partial charge is 0.480 e. The quantitative estimate of drug-likeness (QED) is 0.217. The molecule has 0 bridgehead atoms. The van der Waals surface area contributed by atoms with Crippen molar-refractivity contribution in [2.45, 2.75) is 78.9 Å². The highest BCUT2D eigenvalue weighted by Gasteiger charge is 2.42. The first-order valence-corrected chi connectivity index (χ1v) is 12.2. The van der Waals surface area contributed by atoms with E-state index in [9.17, 15) is 44.1 Å². The van der Waals surface area contributed by atoms with Crippen LogP contribution in [-0.2, 0) is 28.8 Å². The Bertz CT molecular complexity index is 740. The number of rotatable bonds is 12. The van der Waals surface area contributed by atoms with Gasteiger partial charge in [0.05, 0.1) is 0 Å². The van der Waals surface area contributed by atoms with Gasteiger partial charge in [-0.05, 0) is 37.0 Å². The standard InChI is InChI=1S/C24H39N3O9/c1-10(2)16(22(31)32)25-19(28)13-7-14(20(29)26-17(11(3)4)23(33)34)9-15(8-13)21(30)27-18(12(5)6)24(35)36/h10-18H,7-9H2,1-6H3,(H,25,28)(H,26,29)(H,27,30)(H,31,32)(H,33,34)(H,35,36)/t13?,14?,15?,16-,17-,18-/m0/s1. The maximum atomic E-state index is 13.0. The van der Waals surface area contributed by atoms with Crippen molar-refractivity contribution in [1.29, 1.82) is 0 Å². The summed E-state index contributed by atoms with van der Waals surface area (Å²) >= 11 is 0. The molecule has 12 heteroatoms. The summed E-state index contributed by atoms with van der Waals surface area (Å²) in [5.41, 5.74) is 0. The summed E-state index contributed by atoms with van der Waals surface area (Å²) in [7, 11) is 0. The molecule has 3 amide bonds. The topological polar surface area (TPSA) is 199 Å². The Kier molecular flexibility index (Phi) is 11.3. The molecule has 0 aromatic carbocycles. The second-order valence-electron chi connectivity index (χ2n) is 10.5. The van der Waals surface area contributed by atoms with E-state index in [1.165, 1.54) is 0 Å². The molecule has 0 aromatic heterocycles. The number of carboxylic acids is 3. The van der Waals surface area contributed by atoms with Gasteiger partial charge in [-0.1, -0.05) is 41.5 Å². The molecule has 0 spiro atoms. The van der Waals surface area contributed by atoms with Crippen molar-refractivity contribution in [2.75, 3.05) is 0 Å². The highest BCUT2D eigenvalue weighted by Crippen LogP contribution is 2.35. The zero-order chi connectivity index (χ0) is 27.9. The number of amides is 3. The maximum Gasteiger partial charge on any atom is 0.326 e. The van der Waals surface area contributed by atoms with Crippen molar-refractivity contribution in [3.8, 4) is 0 Å². The van der Waals surface area contributed by atoms with Gasteiger partial charge in [0.2, 0.25) is 17.7 Å². The first-order chi connectivity index (χ1) is 16.6. The minimum Gasteiger partial charge on any atom is -0.480 e. The van der Waals surface area contributed by atoms with Crippen LogP contribution in [0.4, 0.5) is 0 Å². The van der Waals surface area contributed by atoms with E-state index in [0.717, 1.165) is 0 Å². The lowest BCUT2D eigenvalue weighted by molar-refractivity contribution is -0.147. The molecule has 1 aliphatic rings. The third kappa shape index (κ3) is 8.49. The highest BCUT2D eigenvalue weighted by atomic mass is 16.4. The maximum absolute atomic E-state index is 13.0. The molecule has 0 unspecified atom stereocenters. The number of nitrogens with one attached hydrogen (secondary N) is 3. The zero-order valence-corrected chi connectivity index (χ0v) is 21.6. The van der Waals surface area contributed by atoms with Crippen LogP contribution in [0.1, 0.15) is 60.8 Å². The number of carbonyl (C=O) groups excluding carboxylic acids is 3. The molecule has 1 fully saturated rings. The molecular formula is C24H39N3O9. The Morgan fingerprint density at radius 2 is 0.694 bits per heavy atom. The molecule has 6 N–H and O–H groups in total. The molecule has 1 saturated carbocycles. The number of carbonyl (C=O) groups is 6. The smallest absolute Gasteiger partial charge is 0.326 e. The van der Waals surface area contributed by atoms with E-state index in [2.05, 4.69) is 16.0 Å². The SMILES string of the molecule is CC(C)[C@H](NC(=O)C1CC(C(=O)N[C@H](C(=O)O)C(C)C)CC(C(=O)N[C@H](C(=O)O)C(C)C)C1)C(=O)O. The summed E-state index contributed by atoms with van der Waals surface area (Å²) < 4.78 is 0. The van der Waals surface area contributed by atoms with Crippen LogP contribution in [-0.4, -0.2) is 69.1 Å². The van der Waals surface area contributed by atoms with Gasteiger partial charge < -0.3 is 31.3 Å². The van der Waals surface area contributed by atoms with Gasteiger partial charge in [-0.2, -0.15) is 0 Å². The summed E-state index contributed by atoms with van der Waals surface area (Å²) in [5.74, 6) is -9.55.